The van der Waals surface area contributed by atoms with Crippen LogP contribution in [0.25, 0.3) is 0 Å². The van der Waals surface area contributed by atoms with Crippen LogP contribution in [0.3, 0.4) is 0 Å². The Labute approximate surface area is 98.9 Å². The molecular formula is C12H25N3O. The fourth-order valence-corrected chi connectivity index (χ4v) is 1.78. The highest BCUT2D eigenvalue weighted by atomic mass is 16.5. The maximum Gasteiger partial charge on any atom is 0.191 e. The van der Waals surface area contributed by atoms with Crippen molar-refractivity contribution in [1.82, 2.24) is 4.90 Å². The van der Waals surface area contributed by atoms with E-state index in [0.29, 0.717) is 12.1 Å². The van der Waals surface area contributed by atoms with Gasteiger partial charge in [0, 0.05) is 20.2 Å². The lowest BCUT2D eigenvalue weighted by Crippen LogP contribution is -2.42. The van der Waals surface area contributed by atoms with Crippen molar-refractivity contribution in [2.75, 3.05) is 20.2 Å². The van der Waals surface area contributed by atoms with Gasteiger partial charge < -0.3 is 15.4 Å². The summed E-state index contributed by atoms with van der Waals surface area (Å²) in [5.41, 5.74) is 5.82. The SMILES string of the molecule is CN(CC1CCCCO1)C(N)=NC(C)(C)C. The van der Waals surface area contributed by atoms with E-state index >= 15 is 0 Å². The standard InChI is InChI=1S/C12H25N3O/c1-12(2,3)14-11(13)15(4)9-10-7-5-6-8-16-10/h10H,5-9H2,1-4H3,(H2,13,14). The molecule has 1 saturated heterocycles. The molecule has 0 spiro atoms. The molecule has 0 bridgehead atoms. The summed E-state index contributed by atoms with van der Waals surface area (Å²) in [6.45, 7) is 7.86. The molecule has 1 aliphatic heterocycles. The molecule has 0 aromatic carbocycles. The third-order valence-corrected chi connectivity index (χ3v) is 2.59. The Bertz CT molecular complexity index is 239. The molecule has 0 saturated carbocycles. The number of nitrogens with two attached hydrogens (primary N) is 1. The van der Waals surface area contributed by atoms with E-state index in [1.54, 1.807) is 0 Å². The van der Waals surface area contributed by atoms with E-state index in [2.05, 4.69) is 4.99 Å². The first-order chi connectivity index (χ1) is 7.38. The Morgan fingerprint density at radius 3 is 2.62 bits per heavy atom. The molecule has 0 aliphatic carbocycles. The maximum absolute atomic E-state index is 5.94. The third-order valence-electron chi connectivity index (χ3n) is 2.59. The topological polar surface area (TPSA) is 50.9 Å². The monoisotopic (exact) mass is 227 g/mol. The lowest BCUT2D eigenvalue weighted by Gasteiger charge is -2.29. The molecule has 94 valence electrons. The number of hydrogen-bond donors (Lipinski definition) is 1. The van der Waals surface area contributed by atoms with Crippen LogP contribution in [-0.2, 0) is 4.74 Å². The minimum Gasteiger partial charge on any atom is -0.376 e. The van der Waals surface area contributed by atoms with Gasteiger partial charge in [-0.25, -0.2) is 4.99 Å². The Morgan fingerprint density at radius 2 is 2.12 bits per heavy atom. The van der Waals surface area contributed by atoms with Gasteiger partial charge in [0.25, 0.3) is 0 Å². The molecule has 0 aromatic rings. The molecule has 16 heavy (non-hydrogen) atoms. The van der Waals surface area contributed by atoms with E-state index in [-0.39, 0.29) is 5.54 Å². The van der Waals surface area contributed by atoms with Crippen LogP contribution < -0.4 is 5.73 Å². The zero-order valence-corrected chi connectivity index (χ0v) is 11.0. The average Bonchev–Trinajstić information content (AvgIpc) is 2.16. The van der Waals surface area contributed by atoms with Crippen molar-refractivity contribution in [1.29, 1.82) is 0 Å². The fourth-order valence-electron chi connectivity index (χ4n) is 1.78. The van der Waals surface area contributed by atoms with Gasteiger partial charge in [0.2, 0.25) is 0 Å². The van der Waals surface area contributed by atoms with Gasteiger partial charge in [0.15, 0.2) is 5.96 Å². The first kappa shape index (κ1) is 13.3. The highest BCUT2D eigenvalue weighted by Gasteiger charge is 2.18. The summed E-state index contributed by atoms with van der Waals surface area (Å²) in [5.74, 6) is 0.599. The fraction of sp³-hybridized carbons (Fsp3) is 0.917. The molecule has 1 atom stereocenters. The predicted octanol–water partition coefficient (Wildman–Crippen LogP) is 1.60. The summed E-state index contributed by atoms with van der Waals surface area (Å²) in [6.07, 6.45) is 3.89. The van der Waals surface area contributed by atoms with Crippen molar-refractivity contribution in [3.05, 3.63) is 0 Å². The predicted molar refractivity (Wildman–Crippen MR) is 67.6 cm³/mol. The molecule has 1 heterocycles. The lowest BCUT2D eigenvalue weighted by atomic mass is 10.1. The number of aliphatic imine (C=N–C) groups is 1. The van der Waals surface area contributed by atoms with E-state index < -0.39 is 0 Å². The zero-order chi connectivity index (χ0) is 12.2. The highest BCUT2D eigenvalue weighted by Crippen LogP contribution is 2.13. The largest absolute Gasteiger partial charge is 0.376 e. The number of nitrogens with zero attached hydrogens (tertiary/aromatic N) is 2. The van der Waals surface area contributed by atoms with E-state index in [1.807, 2.05) is 32.7 Å². The van der Waals surface area contributed by atoms with Crippen LogP contribution in [0, 0.1) is 0 Å². The summed E-state index contributed by atoms with van der Waals surface area (Å²) < 4.78 is 5.68. The van der Waals surface area contributed by atoms with Gasteiger partial charge in [-0.05, 0) is 40.0 Å². The van der Waals surface area contributed by atoms with Crippen LogP contribution >= 0.6 is 0 Å². The Kier molecular flexibility index (Phi) is 4.59. The van der Waals surface area contributed by atoms with Gasteiger partial charge >= 0.3 is 0 Å². The second-order valence-corrected chi connectivity index (χ2v) is 5.51. The molecular weight excluding hydrogens is 202 g/mol. The van der Waals surface area contributed by atoms with E-state index in [1.165, 1.54) is 12.8 Å². The molecule has 2 N–H and O–H groups in total. The third kappa shape index (κ3) is 4.84. The zero-order valence-electron chi connectivity index (χ0n) is 11.0. The molecule has 0 radical (unpaired) electrons. The van der Waals surface area contributed by atoms with E-state index in [0.717, 1.165) is 19.6 Å². The van der Waals surface area contributed by atoms with Gasteiger partial charge in [0.05, 0.1) is 11.6 Å². The number of likely N-dealkylation sites (N-methyl/N-ethyl adjacent to an activating group) is 1. The molecule has 0 amide bonds. The number of rotatable bonds is 2. The minimum atomic E-state index is -0.119. The molecule has 4 heteroatoms. The smallest absolute Gasteiger partial charge is 0.191 e. The molecule has 1 fully saturated rings. The second kappa shape index (κ2) is 5.53. The molecule has 0 aromatic heterocycles. The molecule has 1 rings (SSSR count). The normalized spacial score (nSPS) is 23.2. The number of hydrogen-bond acceptors (Lipinski definition) is 2. The highest BCUT2D eigenvalue weighted by molar-refractivity contribution is 5.78. The van der Waals surface area contributed by atoms with Crippen molar-refractivity contribution < 1.29 is 4.74 Å². The van der Waals surface area contributed by atoms with E-state index in [9.17, 15) is 0 Å². The van der Waals surface area contributed by atoms with Gasteiger partial charge in [0.1, 0.15) is 0 Å². The number of guanidine groups is 1. The average molecular weight is 227 g/mol. The first-order valence-corrected chi connectivity index (χ1v) is 6.06. The summed E-state index contributed by atoms with van der Waals surface area (Å²) in [6, 6.07) is 0. The van der Waals surface area contributed by atoms with Crippen molar-refractivity contribution in [2.24, 2.45) is 10.7 Å². The van der Waals surface area contributed by atoms with Crippen molar-refractivity contribution in [2.45, 2.75) is 51.7 Å². The molecule has 1 unspecified atom stereocenters. The molecule has 4 nitrogen and oxygen atoms in total. The number of ether oxygens (including phenoxy) is 1. The van der Waals surface area contributed by atoms with Crippen LogP contribution in [0.15, 0.2) is 4.99 Å². The van der Waals surface area contributed by atoms with Crippen LogP contribution in [-0.4, -0.2) is 42.7 Å². The van der Waals surface area contributed by atoms with Crippen molar-refractivity contribution >= 4 is 5.96 Å². The van der Waals surface area contributed by atoms with Gasteiger partial charge in [-0.15, -0.1) is 0 Å². The van der Waals surface area contributed by atoms with E-state index in [4.69, 9.17) is 10.5 Å². The Hall–Kier alpha value is -0.770. The Morgan fingerprint density at radius 1 is 1.44 bits per heavy atom. The quantitative estimate of drug-likeness (QED) is 0.576. The minimum absolute atomic E-state index is 0.119. The van der Waals surface area contributed by atoms with Crippen LogP contribution in [0.4, 0.5) is 0 Å². The van der Waals surface area contributed by atoms with Crippen LogP contribution in [0.1, 0.15) is 40.0 Å². The summed E-state index contributed by atoms with van der Waals surface area (Å²) in [4.78, 5) is 6.43. The Balaban J connectivity index is 2.44. The van der Waals surface area contributed by atoms with Crippen molar-refractivity contribution in [3.8, 4) is 0 Å². The summed E-state index contributed by atoms with van der Waals surface area (Å²) in [5, 5.41) is 0. The van der Waals surface area contributed by atoms with Crippen LogP contribution in [0.2, 0.25) is 0 Å². The van der Waals surface area contributed by atoms with Gasteiger partial charge in [-0.2, -0.15) is 0 Å². The van der Waals surface area contributed by atoms with Gasteiger partial charge in [-0.1, -0.05) is 0 Å². The van der Waals surface area contributed by atoms with Crippen LogP contribution in [0.5, 0.6) is 0 Å². The summed E-state index contributed by atoms with van der Waals surface area (Å²) in [7, 11) is 1.97. The second-order valence-electron chi connectivity index (χ2n) is 5.51. The first-order valence-electron chi connectivity index (χ1n) is 6.06. The van der Waals surface area contributed by atoms with Gasteiger partial charge in [-0.3, -0.25) is 0 Å². The summed E-state index contributed by atoms with van der Waals surface area (Å²) >= 11 is 0. The molecule has 1 aliphatic rings. The lowest BCUT2D eigenvalue weighted by molar-refractivity contribution is 0.00693. The maximum atomic E-state index is 5.94. The van der Waals surface area contributed by atoms with Crippen molar-refractivity contribution in [3.63, 3.8) is 0 Å².